The summed E-state index contributed by atoms with van der Waals surface area (Å²) < 4.78 is 0.996. The van der Waals surface area contributed by atoms with Crippen LogP contribution in [0.15, 0.2) is 59.5 Å². The minimum atomic E-state index is -0.0478. The molecule has 1 N–H and O–H groups in total. The third-order valence-electron chi connectivity index (χ3n) is 6.67. The minimum absolute atomic E-state index is 0.0248. The van der Waals surface area contributed by atoms with Crippen LogP contribution in [0, 0.1) is 5.92 Å². The molecule has 0 radical (unpaired) electrons. The lowest BCUT2D eigenvalue weighted by atomic mass is 9.91. The predicted molar refractivity (Wildman–Crippen MR) is 133 cm³/mol. The number of aryl methyl sites for hydroxylation is 2. The molecule has 1 aliphatic heterocycles. The molecule has 0 spiro atoms. The number of carbonyl (C=O) groups excluding carboxylic acids is 1. The number of nitrogens with one attached hydrogen (secondary N) is 1. The molecule has 7 heteroatoms. The number of fused-ring (bicyclic) bond motifs is 2. The number of benzene rings is 1. The van der Waals surface area contributed by atoms with E-state index in [1.165, 1.54) is 16.7 Å². The zero-order valence-corrected chi connectivity index (χ0v) is 20.6. The van der Waals surface area contributed by atoms with Crippen molar-refractivity contribution < 1.29 is 4.79 Å². The number of amides is 1. The van der Waals surface area contributed by atoms with Gasteiger partial charge in [-0.3, -0.25) is 19.7 Å². The van der Waals surface area contributed by atoms with Gasteiger partial charge in [0.1, 0.15) is 0 Å². The highest BCUT2D eigenvalue weighted by molar-refractivity contribution is 9.10. The Bertz CT molecular complexity index is 1100. The number of likely N-dealkylation sites (tertiary alicyclic amines) is 1. The Morgan fingerprint density at radius 2 is 2.06 bits per heavy atom. The van der Waals surface area contributed by atoms with E-state index in [0.29, 0.717) is 13.1 Å². The number of piperidine rings is 1. The number of hydrogen-bond donors (Lipinski definition) is 1. The normalized spacial score (nSPS) is 20.4. The molecule has 2 aromatic heterocycles. The summed E-state index contributed by atoms with van der Waals surface area (Å²) in [6.45, 7) is 2.16. The van der Waals surface area contributed by atoms with Crippen molar-refractivity contribution in [2.24, 2.45) is 5.92 Å². The Hall–Kier alpha value is -2.28. The fraction of sp³-hybridized carbons (Fsp3) is 0.346. The van der Waals surface area contributed by atoms with Crippen LogP contribution in [0.2, 0.25) is 5.02 Å². The molecule has 3 heterocycles. The number of carbonyl (C=O) groups is 1. The Morgan fingerprint density at radius 1 is 1.18 bits per heavy atom. The van der Waals surface area contributed by atoms with Crippen LogP contribution >= 0.6 is 27.5 Å². The van der Waals surface area contributed by atoms with Crippen LogP contribution in [0.4, 0.5) is 0 Å². The summed E-state index contributed by atoms with van der Waals surface area (Å²) in [6.07, 6.45) is 9.16. The Morgan fingerprint density at radius 3 is 2.91 bits per heavy atom. The van der Waals surface area contributed by atoms with Crippen molar-refractivity contribution >= 4 is 33.4 Å². The Labute approximate surface area is 207 Å². The Balaban J connectivity index is 1.41. The van der Waals surface area contributed by atoms with E-state index in [9.17, 15) is 4.79 Å². The van der Waals surface area contributed by atoms with E-state index in [0.717, 1.165) is 53.0 Å². The highest BCUT2D eigenvalue weighted by atomic mass is 79.9. The predicted octanol–water partition coefficient (Wildman–Crippen LogP) is 5.11. The van der Waals surface area contributed by atoms with Gasteiger partial charge in [-0.2, -0.15) is 0 Å². The summed E-state index contributed by atoms with van der Waals surface area (Å²) in [6, 6.07) is 12.3. The van der Waals surface area contributed by atoms with Crippen molar-refractivity contribution in [2.75, 3.05) is 13.1 Å². The van der Waals surface area contributed by atoms with Gasteiger partial charge in [0.2, 0.25) is 5.91 Å². The van der Waals surface area contributed by atoms with Crippen LogP contribution < -0.4 is 5.32 Å². The number of hydrogen-bond acceptors (Lipinski definition) is 4. The van der Waals surface area contributed by atoms with E-state index in [2.05, 4.69) is 49.3 Å². The van der Waals surface area contributed by atoms with Gasteiger partial charge in [0.15, 0.2) is 0 Å². The molecule has 1 aromatic carbocycles. The molecule has 1 fully saturated rings. The van der Waals surface area contributed by atoms with Gasteiger partial charge >= 0.3 is 0 Å². The molecule has 5 nitrogen and oxygen atoms in total. The lowest BCUT2D eigenvalue weighted by Gasteiger charge is -2.38. The van der Waals surface area contributed by atoms with Crippen LogP contribution in [-0.4, -0.2) is 33.9 Å². The lowest BCUT2D eigenvalue weighted by Crippen LogP contribution is -2.44. The first kappa shape index (κ1) is 22.5. The highest BCUT2D eigenvalue weighted by Gasteiger charge is 2.35. The van der Waals surface area contributed by atoms with Crippen molar-refractivity contribution in [1.82, 2.24) is 20.2 Å². The summed E-state index contributed by atoms with van der Waals surface area (Å²) in [4.78, 5) is 24.5. The van der Waals surface area contributed by atoms with Gasteiger partial charge in [0.25, 0.3) is 0 Å². The molecule has 1 saturated heterocycles. The summed E-state index contributed by atoms with van der Waals surface area (Å²) >= 11 is 9.95. The molecule has 1 amide bonds. The molecular weight excluding hydrogens is 500 g/mol. The zero-order chi connectivity index (χ0) is 22.8. The molecule has 170 valence electrons. The smallest absolute Gasteiger partial charge is 0.224 e. The van der Waals surface area contributed by atoms with Gasteiger partial charge in [-0.15, -0.1) is 0 Å². The van der Waals surface area contributed by atoms with Gasteiger partial charge < -0.3 is 5.32 Å². The van der Waals surface area contributed by atoms with E-state index in [-0.39, 0.29) is 17.9 Å². The molecule has 2 atom stereocenters. The van der Waals surface area contributed by atoms with Crippen LogP contribution in [0.3, 0.4) is 0 Å². The number of rotatable bonds is 4. The molecule has 0 bridgehead atoms. The minimum Gasteiger partial charge on any atom is -0.352 e. The first-order valence-electron chi connectivity index (χ1n) is 11.4. The molecule has 1 aliphatic carbocycles. The van der Waals surface area contributed by atoms with Gasteiger partial charge in [-0.1, -0.05) is 23.7 Å². The van der Waals surface area contributed by atoms with Gasteiger partial charge in [-0.25, -0.2) is 0 Å². The average Bonchev–Trinajstić information content (AvgIpc) is 2.99. The third-order valence-corrected chi connectivity index (χ3v) is 7.34. The van der Waals surface area contributed by atoms with Crippen molar-refractivity contribution in [2.45, 2.75) is 38.3 Å². The van der Waals surface area contributed by atoms with E-state index >= 15 is 0 Å². The van der Waals surface area contributed by atoms with Gasteiger partial charge in [-0.05, 0) is 94.7 Å². The van der Waals surface area contributed by atoms with Crippen molar-refractivity contribution in [3.05, 3.63) is 92.4 Å². The fourth-order valence-corrected chi connectivity index (χ4v) is 5.65. The molecule has 2 unspecified atom stereocenters. The highest BCUT2D eigenvalue weighted by Crippen LogP contribution is 2.39. The van der Waals surface area contributed by atoms with Crippen molar-refractivity contribution in [3.63, 3.8) is 0 Å². The van der Waals surface area contributed by atoms with Crippen LogP contribution in [0.5, 0.6) is 0 Å². The molecular formula is C26H26BrClN4O. The summed E-state index contributed by atoms with van der Waals surface area (Å²) in [7, 11) is 0. The molecule has 2 aliphatic rings. The molecule has 0 saturated carbocycles. The molecule has 5 rings (SSSR count). The summed E-state index contributed by atoms with van der Waals surface area (Å²) in [5.41, 5.74) is 5.88. The number of pyridine rings is 2. The number of halogens is 2. The monoisotopic (exact) mass is 524 g/mol. The van der Waals surface area contributed by atoms with Crippen molar-refractivity contribution in [1.29, 1.82) is 0 Å². The quantitative estimate of drug-likeness (QED) is 0.514. The van der Waals surface area contributed by atoms with E-state index in [1.54, 1.807) is 12.4 Å². The lowest BCUT2D eigenvalue weighted by molar-refractivity contribution is -0.127. The largest absolute Gasteiger partial charge is 0.352 e. The zero-order valence-electron chi connectivity index (χ0n) is 18.3. The maximum atomic E-state index is 13.1. The average molecular weight is 526 g/mol. The number of nitrogens with zero attached hydrogens (tertiary/aromatic N) is 3. The van der Waals surface area contributed by atoms with Crippen LogP contribution in [0.25, 0.3) is 0 Å². The van der Waals surface area contributed by atoms with Crippen LogP contribution in [0.1, 0.15) is 46.8 Å². The second-order valence-corrected chi connectivity index (χ2v) is 10.2. The summed E-state index contributed by atoms with van der Waals surface area (Å²) in [5, 5.41) is 3.88. The van der Waals surface area contributed by atoms with Gasteiger partial charge in [0, 0.05) is 41.2 Å². The van der Waals surface area contributed by atoms with Crippen LogP contribution in [-0.2, 0) is 24.2 Å². The van der Waals surface area contributed by atoms with E-state index in [1.807, 2.05) is 24.4 Å². The van der Waals surface area contributed by atoms with Gasteiger partial charge in [0.05, 0.1) is 17.7 Å². The Kier molecular flexibility index (Phi) is 6.76. The SMILES string of the molecule is O=C(NCc1cccnc1)C1CCCN(C2c3ccc(Cl)cc3CCc3cc(Br)cnc32)C1. The fourth-order valence-electron chi connectivity index (χ4n) is 5.07. The van der Waals surface area contributed by atoms with Crippen molar-refractivity contribution in [3.8, 4) is 0 Å². The first-order valence-corrected chi connectivity index (χ1v) is 12.6. The standard InChI is InChI=1S/C26H26BrClN4O/c27-21-11-19-6-5-18-12-22(28)7-8-23(18)25(24(19)30-15-21)32-10-2-4-20(16-32)26(33)31-14-17-3-1-9-29-13-17/h1,3,7-9,11-13,15,20,25H,2,4-6,10,14,16H2,(H,31,33). The maximum Gasteiger partial charge on any atom is 0.224 e. The first-order chi connectivity index (χ1) is 16.1. The second-order valence-electron chi connectivity index (χ2n) is 8.86. The second kappa shape index (κ2) is 9.92. The maximum absolute atomic E-state index is 13.1. The molecule has 3 aromatic rings. The molecule has 33 heavy (non-hydrogen) atoms. The van der Waals surface area contributed by atoms with E-state index < -0.39 is 0 Å². The number of aromatic nitrogens is 2. The topological polar surface area (TPSA) is 58.1 Å². The third kappa shape index (κ3) is 4.98. The summed E-state index contributed by atoms with van der Waals surface area (Å²) in [5.74, 6) is 0.0609. The van der Waals surface area contributed by atoms with E-state index in [4.69, 9.17) is 16.6 Å².